The average Bonchev–Trinajstić information content (AvgIpc) is 1.66. The van der Waals surface area contributed by atoms with E-state index in [1.54, 1.807) is 0 Å². The van der Waals surface area contributed by atoms with Gasteiger partial charge in [0.1, 0.15) is 6.80 Å². The predicted octanol–water partition coefficient (Wildman–Crippen LogP) is 0.0646. The topological polar surface area (TPSA) is 15.3 Å². The second-order valence-electron chi connectivity index (χ2n) is 1.94. The highest BCUT2D eigenvalue weighted by atomic mass is 19.1. The zero-order valence-corrected chi connectivity index (χ0v) is 5.45. The molecule has 3 heteroatoms. The van der Waals surface area contributed by atoms with Gasteiger partial charge >= 0.3 is 0 Å². The third-order valence-corrected chi connectivity index (χ3v) is 0.830. The fourth-order valence-electron chi connectivity index (χ4n) is 0.369. The Morgan fingerprint density at radius 1 is 1.50 bits per heavy atom. The summed E-state index contributed by atoms with van der Waals surface area (Å²) in [5.41, 5.74) is 0. The maximum atomic E-state index is 11.3. The third kappa shape index (κ3) is 5.85. The Morgan fingerprint density at radius 2 is 2.12 bits per heavy atom. The molecule has 0 unspecified atom stereocenters. The van der Waals surface area contributed by atoms with Crippen LogP contribution in [0.4, 0.5) is 4.39 Å². The van der Waals surface area contributed by atoms with E-state index in [9.17, 15) is 4.39 Å². The molecular formula is C5H13FN2. The minimum Gasteiger partial charge on any atom is -0.308 e. The highest BCUT2D eigenvalue weighted by molar-refractivity contribution is 4.44. The van der Waals surface area contributed by atoms with Gasteiger partial charge in [-0.05, 0) is 14.1 Å². The Hall–Kier alpha value is -0.150. The average molecular weight is 120 g/mol. The van der Waals surface area contributed by atoms with Gasteiger partial charge in [0.05, 0.1) is 0 Å². The predicted molar refractivity (Wildman–Crippen MR) is 32.5 cm³/mol. The summed E-state index contributed by atoms with van der Waals surface area (Å²) in [6.45, 7) is 1.20. The van der Waals surface area contributed by atoms with Crippen LogP contribution in [0.5, 0.6) is 0 Å². The molecule has 0 bridgehead atoms. The van der Waals surface area contributed by atoms with E-state index in [1.165, 1.54) is 0 Å². The van der Waals surface area contributed by atoms with Crippen LogP contribution in [0.15, 0.2) is 0 Å². The molecule has 0 rings (SSSR count). The first-order valence-electron chi connectivity index (χ1n) is 2.69. The highest BCUT2D eigenvalue weighted by Gasteiger charge is 1.85. The summed E-state index contributed by atoms with van der Waals surface area (Å²) in [6.07, 6.45) is 0. The molecule has 0 radical (unpaired) electrons. The van der Waals surface area contributed by atoms with Crippen LogP contribution in [0.25, 0.3) is 0 Å². The van der Waals surface area contributed by atoms with Gasteiger partial charge < -0.3 is 4.90 Å². The van der Waals surface area contributed by atoms with Crippen molar-refractivity contribution in [3.8, 4) is 0 Å². The monoisotopic (exact) mass is 120 g/mol. The number of hydrogen-bond donors (Lipinski definition) is 1. The van der Waals surface area contributed by atoms with Gasteiger partial charge in [-0.1, -0.05) is 0 Å². The number of nitrogens with one attached hydrogen (secondary N) is 1. The van der Waals surface area contributed by atoms with Gasteiger partial charge in [0.2, 0.25) is 0 Å². The Morgan fingerprint density at radius 3 is 2.50 bits per heavy atom. The zero-order chi connectivity index (χ0) is 6.41. The summed E-state index contributed by atoms with van der Waals surface area (Å²) < 4.78 is 11.3. The van der Waals surface area contributed by atoms with Crippen molar-refractivity contribution in [1.29, 1.82) is 0 Å². The first-order valence-corrected chi connectivity index (χ1v) is 2.69. The number of alkyl halides is 1. The lowest BCUT2D eigenvalue weighted by Crippen LogP contribution is -2.25. The molecule has 2 nitrogen and oxygen atoms in total. The second kappa shape index (κ2) is 5.00. The standard InChI is InChI=1S/C5H13FN2/c1-8(2)4-3-7-5-6/h7H,3-5H2,1-2H3. The van der Waals surface area contributed by atoms with Crippen molar-refractivity contribution in [3.63, 3.8) is 0 Å². The van der Waals surface area contributed by atoms with Gasteiger partial charge in [-0.3, -0.25) is 5.32 Å². The Labute approximate surface area is 49.7 Å². The molecule has 0 aromatic rings. The summed E-state index contributed by atoms with van der Waals surface area (Å²) in [5, 5.41) is 2.57. The van der Waals surface area contributed by atoms with Gasteiger partial charge in [-0.2, -0.15) is 0 Å². The van der Waals surface area contributed by atoms with Gasteiger partial charge in [0, 0.05) is 13.1 Å². The minimum absolute atomic E-state index is 0.423. The second-order valence-corrected chi connectivity index (χ2v) is 1.94. The summed E-state index contributed by atoms with van der Waals surface area (Å²) >= 11 is 0. The van der Waals surface area contributed by atoms with Gasteiger partial charge in [0.25, 0.3) is 0 Å². The molecule has 0 amide bonds. The third-order valence-electron chi connectivity index (χ3n) is 0.830. The molecule has 0 spiro atoms. The van der Waals surface area contributed by atoms with Crippen molar-refractivity contribution < 1.29 is 4.39 Å². The largest absolute Gasteiger partial charge is 0.308 e. The molecule has 0 atom stereocenters. The van der Waals surface area contributed by atoms with Crippen LogP contribution in [0.2, 0.25) is 0 Å². The molecule has 0 aromatic heterocycles. The van der Waals surface area contributed by atoms with Gasteiger partial charge in [-0.25, -0.2) is 4.39 Å². The Balaban J connectivity index is 2.72. The van der Waals surface area contributed by atoms with Crippen LogP contribution >= 0.6 is 0 Å². The molecule has 0 saturated heterocycles. The summed E-state index contributed by atoms with van der Waals surface area (Å²) in [4.78, 5) is 2.00. The first kappa shape index (κ1) is 7.85. The lowest BCUT2D eigenvalue weighted by molar-refractivity contribution is 0.365. The number of likely N-dealkylation sites (N-methyl/N-ethyl adjacent to an activating group) is 1. The molecule has 0 saturated carbocycles. The van der Waals surface area contributed by atoms with Gasteiger partial charge in [-0.15, -0.1) is 0 Å². The van der Waals surface area contributed by atoms with Gasteiger partial charge in [0.15, 0.2) is 0 Å². The SMILES string of the molecule is CN(C)CCNCF. The molecule has 8 heavy (non-hydrogen) atoms. The van der Waals surface area contributed by atoms with Crippen LogP contribution in [0.3, 0.4) is 0 Å². The van der Waals surface area contributed by atoms with Crippen LogP contribution in [-0.4, -0.2) is 38.9 Å². The van der Waals surface area contributed by atoms with E-state index in [1.807, 2.05) is 19.0 Å². The molecule has 0 aliphatic carbocycles. The van der Waals surface area contributed by atoms with Crippen molar-refractivity contribution in [2.45, 2.75) is 0 Å². The normalized spacial score (nSPS) is 10.5. The summed E-state index contributed by atoms with van der Waals surface area (Å²) in [6, 6.07) is 0. The van der Waals surface area contributed by atoms with E-state index >= 15 is 0 Å². The Bertz CT molecular complexity index is 47.7. The van der Waals surface area contributed by atoms with Crippen LogP contribution in [0.1, 0.15) is 0 Å². The Kier molecular flexibility index (Phi) is 4.90. The van der Waals surface area contributed by atoms with E-state index in [4.69, 9.17) is 0 Å². The molecular weight excluding hydrogens is 107 g/mol. The smallest absolute Gasteiger partial charge is 0.140 e. The number of nitrogens with zero attached hydrogens (tertiary/aromatic N) is 1. The van der Waals surface area contributed by atoms with Crippen molar-refractivity contribution in [2.75, 3.05) is 34.0 Å². The van der Waals surface area contributed by atoms with Crippen molar-refractivity contribution >= 4 is 0 Å². The minimum atomic E-state index is -0.423. The van der Waals surface area contributed by atoms with Crippen molar-refractivity contribution in [3.05, 3.63) is 0 Å². The van der Waals surface area contributed by atoms with E-state index in [2.05, 4.69) is 5.32 Å². The maximum Gasteiger partial charge on any atom is 0.140 e. The number of hydrogen-bond acceptors (Lipinski definition) is 2. The van der Waals surface area contributed by atoms with Crippen LogP contribution < -0.4 is 5.32 Å². The van der Waals surface area contributed by atoms with E-state index in [-0.39, 0.29) is 0 Å². The van der Waals surface area contributed by atoms with E-state index < -0.39 is 6.80 Å². The van der Waals surface area contributed by atoms with E-state index in [0.29, 0.717) is 0 Å². The number of rotatable bonds is 4. The first-order chi connectivity index (χ1) is 3.77. The van der Waals surface area contributed by atoms with Crippen LogP contribution in [0, 0.1) is 0 Å². The van der Waals surface area contributed by atoms with E-state index in [0.717, 1.165) is 13.1 Å². The summed E-state index contributed by atoms with van der Waals surface area (Å²) in [7, 11) is 3.92. The lowest BCUT2D eigenvalue weighted by atomic mass is 10.6. The maximum absolute atomic E-state index is 11.3. The molecule has 0 aliphatic heterocycles. The van der Waals surface area contributed by atoms with Crippen LogP contribution in [-0.2, 0) is 0 Å². The molecule has 1 N–H and O–H groups in total. The van der Waals surface area contributed by atoms with Crippen molar-refractivity contribution in [1.82, 2.24) is 10.2 Å². The fourth-order valence-corrected chi connectivity index (χ4v) is 0.369. The zero-order valence-electron chi connectivity index (χ0n) is 5.45. The summed E-state index contributed by atoms with van der Waals surface area (Å²) in [5.74, 6) is 0. The quantitative estimate of drug-likeness (QED) is 0.417. The molecule has 0 aliphatic rings. The highest BCUT2D eigenvalue weighted by Crippen LogP contribution is 1.69. The number of halogens is 1. The lowest BCUT2D eigenvalue weighted by Gasteiger charge is -2.07. The molecule has 0 heterocycles. The van der Waals surface area contributed by atoms with Crippen molar-refractivity contribution in [2.24, 2.45) is 0 Å². The fraction of sp³-hybridized carbons (Fsp3) is 1.00. The molecule has 0 aromatic carbocycles. The molecule has 50 valence electrons. The molecule has 0 fully saturated rings.